The Morgan fingerprint density at radius 3 is 2.70 bits per heavy atom. The molecule has 1 saturated heterocycles. The minimum Gasteiger partial charge on any atom is -0.359 e. The Hall–Kier alpha value is -3.00. The summed E-state index contributed by atoms with van der Waals surface area (Å²) in [6.45, 7) is 1.21. The fourth-order valence-corrected chi connectivity index (χ4v) is 4.17. The van der Waals surface area contributed by atoms with Crippen molar-refractivity contribution in [2.75, 3.05) is 19.6 Å². The van der Waals surface area contributed by atoms with Gasteiger partial charge in [0, 0.05) is 41.3 Å². The molecule has 1 aliphatic heterocycles. The van der Waals surface area contributed by atoms with Crippen LogP contribution in [0, 0.1) is 11.7 Å². The van der Waals surface area contributed by atoms with Gasteiger partial charge < -0.3 is 15.2 Å². The van der Waals surface area contributed by atoms with Gasteiger partial charge in [-0.1, -0.05) is 18.2 Å². The van der Waals surface area contributed by atoms with Gasteiger partial charge in [-0.2, -0.15) is 0 Å². The highest BCUT2D eigenvalue weighted by Crippen LogP contribution is 2.29. The number of carbonyl (C=O) groups excluding carboxylic acids is 3. The molecule has 1 aromatic heterocycles. The lowest BCUT2D eigenvalue weighted by Crippen LogP contribution is -2.36. The first-order chi connectivity index (χ1) is 14.5. The second-order valence-corrected chi connectivity index (χ2v) is 8.15. The lowest BCUT2D eigenvalue weighted by molar-refractivity contribution is -0.125. The first kappa shape index (κ1) is 20.3. The molecule has 0 bridgehead atoms. The normalized spacial score (nSPS) is 16.1. The zero-order valence-electron chi connectivity index (χ0n) is 16.0. The van der Waals surface area contributed by atoms with Crippen LogP contribution in [-0.2, 0) is 4.79 Å². The average Bonchev–Trinajstić information content (AvgIpc) is 3.42. The second-order valence-electron chi connectivity index (χ2n) is 7.29. The number of rotatable bonds is 5. The fourth-order valence-electron chi connectivity index (χ4n) is 3.72. The summed E-state index contributed by atoms with van der Waals surface area (Å²) in [5.41, 5.74) is 1.04. The zero-order chi connectivity index (χ0) is 21.3. The van der Waals surface area contributed by atoms with Crippen LogP contribution in [-0.4, -0.2) is 47.1 Å². The Balaban J connectivity index is 1.40. The molecule has 1 aliphatic rings. The molecule has 2 heterocycles. The summed E-state index contributed by atoms with van der Waals surface area (Å²) >= 11 is 3.31. The number of nitrogens with zero attached hydrogens (tertiary/aromatic N) is 1. The molecule has 0 radical (unpaired) electrons. The van der Waals surface area contributed by atoms with E-state index >= 15 is 0 Å². The van der Waals surface area contributed by atoms with Crippen LogP contribution in [0.25, 0.3) is 10.9 Å². The maximum absolute atomic E-state index is 14.3. The minimum atomic E-state index is -0.743. The number of likely N-dealkylation sites (tertiary alicyclic amines) is 1. The molecule has 0 spiro atoms. The van der Waals surface area contributed by atoms with E-state index in [4.69, 9.17) is 0 Å². The molecule has 0 saturated carbocycles. The van der Waals surface area contributed by atoms with E-state index in [1.54, 1.807) is 30.3 Å². The Morgan fingerprint density at radius 2 is 1.93 bits per heavy atom. The van der Waals surface area contributed by atoms with Crippen molar-refractivity contribution in [1.29, 1.82) is 0 Å². The number of aromatic nitrogens is 1. The van der Waals surface area contributed by atoms with Crippen molar-refractivity contribution >= 4 is 44.4 Å². The summed E-state index contributed by atoms with van der Waals surface area (Å²) in [7, 11) is 0. The van der Waals surface area contributed by atoms with Gasteiger partial charge in [0.1, 0.15) is 5.82 Å². The molecule has 30 heavy (non-hydrogen) atoms. The van der Waals surface area contributed by atoms with E-state index in [0.717, 1.165) is 0 Å². The summed E-state index contributed by atoms with van der Waals surface area (Å²) < 4.78 is 14.9. The number of Topliss-reactive ketones (excluding diaryl/α,β-unsaturated/α-hetero) is 1. The highest BCUT2D eigenvalue weighted by Gasteiger charge is 2.32. The Bertz CT molecular complexity index is 1130. The van der Waals surface area contributed by atoms with Crippen LogP contribution in [0.1, 0.15) is 27.1 Å². The van der Waals surface area contributed by atoms with Gasteiger partial charge in [0.05, 0.1) is 11.1 Å². The molecule has 6 nitrogen and oxygen atoms in total. The van der Waals surface area contributed by atoms with Gasteiger partial charge >= 0.3 is 0 Å². The van der Waals surface area contributed by atoms with E-state index in [1.807, 2.05) is 6.07 Å². The number of hydrogen-bond donors (Lipinski definition) is 2. The molecule has 2 aromatic carbocycles. The third kappa shape index (κ3) is 3.87. The van der Waals surface area contributed by atoms with Crippen LogP contribution in [0.2, 0.25) is 0 Å². The van der Waals surface area contributed by atoms with E-state index in [1.165, 1.54) is 17.2 Å². The summed E-state index contributed by atoms with van der Waals surface area (Å²) in [6, 6.07) is 11.7. The molecule has 2 amide bonds. The van der Waals surface area contributed by atoms with Gasteiger partial charge in [0.25, 0.3) is 17.6 Å². The van der Waals surface area contributed by atoms with Gasteiger partial charge in [-0.15, -0.1) is 0 Å². The summed E-state index contributed by atoms with van der Waals surface area (Å²) in [5, 5.41) is 2.98. The Kier molecular flexibility index (Phi) is 5.67. The minimum absolute atomic E-state index is 0.0228. The molecule has 4 rings (SSSR count). The molecule has 3 aromatic rings. The first-order valence-corrected chi connectivity index (χ1v) is 10.4. The van der Waals surface area contributed by atoms with Gasteiger partial charge in [-0.05, 0) is 52.5 Å². The summed E-state index contributed by atoms with van der Waals surface area (Å²) in [4.78, 5) is 42.0. The van der Waals surface area contributed by atoms with Crippen molar-refractivity contribution in [1.82, 2.24) is 15.2 Å². The number of aromatic amines is 1. The maximum Gasteiger partial charge on any atom is 0.295 e. The number of carbonyl (C=O) groups is 3. The Labute approximate surface area is 180 Å². The van der Waals surface area contributed by atoms with Crippen LogP contribution in [0.3, 0.4) is 0 Å². The predicted octanol–water partition coefficient (Wildman–Crippen LogP) is 3.53. The van der Waals surface area contributed by atoms with E-state index < -0.39 is 17.5 Å². The van der Waals surface area contributed by atoms with Crippen molar-refractivity contribution < 1.29 is 18.8 Å². The number of amides is 2. The molecule has 2 N–H and O–H groups in total. The molecule has 1 fully saturated rings. The highest BCUT2D eigenvalue weighted by atomic mass is 79.9. The lowest BCUT2D eigenvalue weighted by atomic mass is 10.1. The average molecular weight is 472 g/mol. The molecule has 0 aliphatic carbocycles. The van der Waals surface area contributed by atoms with Crippen molar-refractivity contribution in [3.05, 3.63) is 70.1 Å². The van der Waals surface area contributed by atoms with E-state index in [9.17, 15) is 18.8 Å². The van der Waals surface area contributed by atoms with Crippen molar-refractivity contribution in [3.63, 3.8) is 0 Å². The van der Waals surface area contributed by atoms with E-state index in [0.29, 0.717) is 41.6 Å². The number of ketones is 1. The molecule has 8 heteroatoms. The van der Waals surface area contributed by atoms with Crippen LogP contribution in [0.15, 0.2) is 53.1 Å². The molecule has 0 unspecified atom stereocenters. The standard InChI is InChI=1S/C22H19BrFN3O3/c23-16-6-7-17(24)18-15(11-25-19(16)18)20(28)22(30)27-9-8-13(12-27)10-26-21(29)14-4-2-1-3-5-14/h1-7,11,13,25H,8-10,12H2,(H,26,29)/t13-/m1/s1. The Morgan fingerprint density at radius 1 is 1.17 bits per heavy atom. The summed E-state index contributed by atoms with van der Waals surface area (Å²) in [5.74, 6) is -2.08. The number of fused-ring (bicyclic) bond motifs is 1. The van der Waals surface area contributed by atoms with E-state index in [2.05, 4.69) is 26.2 Å². The van der Waals surface area contributed by atoms with Crippen LogP contribution < -0.4 is 5.32 Å². The molecular weight excluding hydrogens is 453 g/mol. The van der Waals surface area contributed by atoms with Gasteiger partial charge in [-0.25, -0.2) is 4.39 Å². The third-order valence-electron chi connectivity index (χ3n) is 5.33. The molecule has 1 atom stereocenters. The van der Waals surface area contributed by atoms with Crippen LogP contribution >= 0.6 is 15.9 Å². The summed E-state index contributed by atoms with van der Waals surface area (Å²) in [6.07, 6.45) is 2.05. The second kappa shape index (κ2) is 8.39. The first-order valence-electron chi connectivity index (χ1n) is 9.57. The fraction of sp³-hybridized carbons (Fsp3) is 0.227. The van der Waals surface area contributed by atoms with Crippen LogP contribution in [0.5, 0.6) is 0 Å². The number of H-pyrrole nitrogens is 1. The number of nitrogens with one attached hydrogen (secondary N) is 2. The van der Waals surface area contributed by atoms with Crippen molar-refractivity contribution in [3.8, 4) is 0 Å². The van der Waals surface area contributed by atoms with E-state index in [-0.39, 0.29) is 22.8 Å². The molecular formula is C22H19BrFN3O3. The number of halogens is 2. The van der Waals surface area contributed by atoms with Gasteiger partial charge in [0.2, 0.25) is 0 Å². The van der Waals surface area contributed by atoms with Gasteiger partial charge in [0.15, 0.2) is 0 Å². The van der Waals surface area contributed by atoms with Crippen molar-refractivity contribution in [2.24, 2.45) is 5.92 Å². The van der Waals surface area contributed by atoms with Crippen molar-refractivity contribution in [2.45, 2.75) is 6.42 Å². The quantitative estimate of drug-likeness (QED) is 0.441. The van der Waals surface area contributed by atoms with Gasteiger partial charge in [-0.3, -0.25) is 14.4 Å². The lowest BCUT2D eigenvalue weighted by Gasteiger charge is -2.16. The predicted molar refractivity (Wildman–Crippen MR) is 114 cm³/mol. The SMILES string of the molecule is O=C(NC[C@H]1CCN(C(=O)C(=O)c2c[nH]c3c(Br)ccc(F)c23)C1)c1ccccc1. The number of hydrogen-bond acceptors (Lipinski definition) is 3. The number of benzene rings is 2. The smallest absolute Gasteiger partial charge is 0.295 e. The zero-order valence-corrected chi connectivity index (χ0v) is 17.5. The largest absolute Gasteiger partial charge is 0.359 e. The maximum atomic E-state index is 14.3. The van der Waals surface area contributed by atoms with Crippen LogP contribution in [0.4, 0.5) is 4.39 Å². The topological polar surface area (TPSA) is 82.3 Å². The molecule has 154 valence electrons. The third-order valence-corrected chi connectivity index (χ3v) is 5.99. The monoisotopic (exact) mass is 471 g/mol. The highest BCUT2D eigenvalue weighted by molar-refractivity contribution is 9.10.